The Labute approximate surface area is 171 Å². The van der Waals surface area contributed by atoms with Gasteiger partial charge in [0.05, 0.1) is 5.52 Å². The van der Waals surface area contributed by atoms with E-state index in [0.717, 1.165) is 11.3 Å². The van der Waals surface area contributed by atoms with Crippen molar-refractivity contribution in [3.63, 3.8) is 0 Å². The van der Waals surface area contributed by atoms with Crippen LogP contribution in [0.5, 0.6) is 0 Å². The van der Waals surface area contributed by atoms with Crippen LogP contribution < -0.4 is 16.8 Å². The van der Waals surface area contributed by atoms with E-state index in [0.29, 0.717) is 39.6 Å². The molecule has 0 fully saturated rings. The Bertz CT molecular complexity index is 1220. The molecule has 0 aliphatic heterocycles. The minimum atomic E-state index is -0.326. The Morgan fingerprint density at radius 3 is 2.59 bits per heavy atom. The number of fused-ring (bicyclic) bond motifs is 1. The van der Waals surface area contributed by atoms with Crippen molar-refractivity contribution in [2.45, 2.75) is 13.3 Å². The molecule has 0 unspecified atom stereocenters. The highest BCUT2D eigenvalue weighted by molar-refractivity contribution is 6.30. The number of rotatable bonds is 4. The molecule has 1 amide bonds. The van der Waals surface area contributed by atoms with E-state index < -0.39 is 0 Å². The van der Waals surface area contributed by atoms with E-state index in [1.807, 2.05) is 19.1 Å². The molecule has 2 heterocycles. The summed E-state index contributed by atoms with van der Waals surface area (Å²) < 4.78 is 0. The fourth-order valence-electron chi connectivity index (χ4n) is 3.04. The number of nitrogens with one attached hydrogen (secondary N) is 2. The summed E-state index contributed by atoms with van der Waals surface area (Å²) in [6.07, 6.45) is 0.626. The summed E-state index contributed by atoms with van der Waals surface area (Å²) in [6.45, 7) is 1.95. The first kappa shape index (κ1) is 18.7. The molecule has 0 atom stereocenters. The Morgan fingerprint density at radius 1 is 1.10 bits per heavy atom. The standard InChI is InChI=1S/C20H18ClN7O/c1-2-14-16(27-18(25-14)10-3-5-11(21)6-4-10)19(29)24-12-7-8-15-13(9-12)17(22)28-20(23)26-15/h3-9H,2H2,1H3,(H,24,29)(H,25,27)(H4,22,23,26,28). The monoisotopic (exact) mass is 407 g/mol. The van der Waals surface area contributed by atoms with E-state index >= 15 is 0 Å². The second-order valence-electron chi connectivity index (χ2n) is 6.43. The van der Waals surface area contributed by atoms with Crippen molar-refractivity contribution in [2.75, 3.05) is 16.8 Å². The SMILES string of the molecule is CCc1[nH]c(-c2ccc(Cl)cc2)nc1C(=O)Nc1ccc2nc(N)nc(N)c2c1. The number of carbonyl (C=O) groups excluding carboxylic acids is 1. The topological polar surface area (TPSA) is 136 Å². The molecular weight excluding hydrogens is 390 g/mol. The van der Waals surface area contributed by atoms with Crippen LogP contribution in [0.3, 0.4) is 0 Å². The molecule has 146 valence electrons. The number of nitrogen functional groups attached to an aromatic ring is 2. The summed E-state index contributed by atoms with van der Waals surface area (Å²) in [5, 5.41) is 4.10. The molecule has 29 heavy (non-hydrogen) atoms. The lowest BCUT2D eigenvalue weighted by atomic mass is 10.2. The number of H-pyrrole nitrogens is 1. The van der Waals surface area contributed by atoms with Crippen molar-refractivity contribution >= 4 is 45.9 Å². The second-order valence-corrected chi connectivity index (χ2v) is 6.86. The Kier molecular flexibility index (Phi) is 4.77. The zero-order valence-electron chi connectivity index (χ0n) is 15.5. The number of aryl methyl sites for hydroxylation is 1. The van der Waals surface area contributed by atoms with Crippen molar-refractivity contribution in [3.8, 4) is 11.4 Å². The number of benzene rings is 2. The molecule has 0 radical (unpaired) electrons. The first-order valence-electron chi connectivity index (χ1n) is 8.93. The number of aromatic nitrogens is 4. The number of amides is 1. The number of nitrogens with two attached hydrogens (primary N) is 2. The van der Waals surface area contributed by atoms with Gasteiger partial charge in [0.1, 0.15) is 17.3 Å². The van der Waals surface area contributed by atoms with Crippen molar-refractivity contribution in [1.29, 1.82) is 0 Å². The van der Waals surface area contributed by atoms with Crippen LogP contribution in [0.25, 0.3) is 22.3 Å². The Morgan fingerprint density at radius 2 is 1.86 bits per heavy atom. The van der Waals surface area contributed by atoms with E-state index in [9.17, 15) is 4.79 Å². The lowest BCUT2D eigenvalue weighted by Crippen LogP contribution is -2.14. The number of imidazole rings is 1. The lowest BCUT2D eigenvalue weighted by molar-refractivity contribution is 0.102. The van der Waals surface area contributed by atoms with Gasteiger partial charge in [-0.3, -0.25) is 4.79 Å². The molecule has 0 bridgehead atoms. The molecule has 2 aromatic heterocycles. The van der Waals surface area contributed by atoms with Gasteiger partial charge >= 0.3 is 0 Å². The molecular formula is C20H18ClN7O. The van der Waals surface area contributed by atoms with Crippen molar-refractivity contribution in [3.05, 3.63) is 58.9 Å². The van der Waals surface area contributed by atoms with Gasteiger partial charge in [-0.1, -0.05) is 18.5 Å². The van der Waals surface area contributed by atoms with E-state index in [2.05, 4.69) is 25.3 Å². The van der Waals surface area contributed by atoms with Gasteiger partial charge in [-0.2, -0.15) is 4.98 Å². The maximum absolute atomic E-state index is 12.9. The average Bonchev–Trinajstić information content (AvgIpc) is 3.13. The molecule has 4 rings (SSSR count). The number of halogens is 1. The third-order valence-corrected chi connectivity index (χ3v) is 4.72. The first-order chi connectivity index (χ1) is 13.9. The molecule has 8 nitrogen and oxygen atoms in total. The largest absolute Gasteiger partial charge is 0.383 e. The zero-order chi connectivity index (χ0) is 20.5. The summed E-state index contributed by atoms with van der Waals surface area (Å²) in [7, 11) is 0. The molecule has 2 aromatic carbocycles. The van der Waals surface area contributed by atoms with E-state index in [1.165, 1.54) is 0 Å². The third-order valence-electron chi connectivity index (χ3n) is 4.47. The lowest BCUT2D eigenvalue weighted by Gasteiger charge is -2.07. The van der Waals surface area contributed by atoms with Gasteiger partial charge in [0.15, 0.2) is 0 Å². The Hall–Kier alpha value is -3.65. The minimum Gasteiger partial charge on any atom is -0.383 e. The van der Waals surface area contributed by atoms with Gasteiger partial charge in [0.25, 0.3) is 5.91 Å². The van der Waals surface area contributed by atoms with Crippen LogP contribution in [-0.4, -0.2) is 25.8 Å². The predicted molar refractivity (Wildman–Crippen MR) is 115 cm³/mol. The summed E-state index contributed by atoms with van der Waals surface area (Å²) >= 11 is 5.95. The van der Waals surface area contributed by atoms with Crippen LogP contribution in [0, 0.1) is 0 Å². The van der Waals surface area contributed by atoms with Gasteiger partial charge in [0.2, 0.25) is 5.95 Å². The van der Waals surface area contributed by atoms with E-state index in [4.69, 9.17) is 23.1 Å². The van der Waals surface area contributed by atoms with E-state index in [1.54, 1.807) is 30.3 Å². The third kappa shape index (κ3) is 3.70. The molecule has 0 aliphatic rings. The maximum Gasteiger partial charge on any atom is 0.276 e. The van der Waals surface area contributed by atoms with Crippen LogP contribution >= 0.6 is 11.6 Å². The number of hydrogen-bond acceptors (Lipinski definition) is 6. The first-order valence-corrected chi connectivity index (χ1v) is 9.31. The predicted octanol–water partition coefficient (Wildman–Crippen LogP) is 3.65. The van der Waals surface area contributed by atoms with Crippen molar-refractivity contribution in [2.24, 2.45) is 0 Å². The smallest absolute Gasteiger partial charge is 0.276 e. The van der Waals surface area contributed by atoms with Crippen LogP contribution in [0.1, 0.15) is 23.1 Å². The van der Waals surface area contributed by atoms with Crippen LogP contribution in [0.15, 0.2) is 42.5 Å². The Balaban J connectivity index is 1.64. The van der Waals surface area contributed by atoms with Crippen LogP contribution in [-0.2, 0) is 6.42 Å². The van der Waals surface area contributed by atoms with Gasteiger partial charge in [-0.15, -0.1) is 0 Å². The fourth-order valence-corrected chi connectivity index (χ4v) is 3.16. The summed E-state index contributed by atoms with van der Waals surface area (Å²) in [6, 6.07) is 12.4. The number of aromatic amines is 1. The van der Waals surface area contributed by atoms with Crippen LogP contribution in [0.4, 0.5) is 17.5 Å². The van der Waals surface area contributed by atoms with Gasteiger partial charge in [0, 0.05) is 27.4 Å². The normalized spacial score (nSPS) is 11.0. The van der Waals surface area contributed by atoms with Gasteiger partial charge in [-0.05, 0) is 48.9 Å². The summed E-state index contributed by atoms with van der Waals surface area (Å²) in [5.74, 6) is 0.635. The minimum absolute atomic E-state index is 0.102. The van der Waals surface area contributed by atoms with Crippen LogP contribution in [0.2, 0.25) is 5.02 Å². The molecule has 9 heteroatoms. The highest BCUT2D eigenvalue weighted by Crippen LogP contribution is 2.24. The molecule has 0 aliphatic carbocycles. The molecule has 6 N–H and O–H groups in total. The second kappa shape index (κ2) is 7.40. The average molecular weight is 408 g/mol. The zero-order valence-corrected chi connectivity index (χ0v) is 16.3. The quantitative estimate of drug-likeness (QED) is 0.407. The molecule has 0 spiro atoms. The maximum atomic E-state index is 12.9. The van der Waals surface area contributed by atoms with Gasteiger partial charge < -0.3 is 21.8 Å². The fraction of sp³-hybridized carbons (Fsp3) is 0.100. The van der Waals surface area contributed by atoms with E-state index in [-0.39, 0.29) is 17.7 Å². The summed E-state index contributed by atoms with van der Waals surface area (Å²) in [5.41, 5.74) is 14.6. The number of carbonyl (C=O) groups is 1. The van der Waals surface area contributed by atoms with Crippen molar-refractivity contribution < 1.29 is 4.79 Å². The van der Waals surface area contributed by atoms with Gasteiger partial charge in [-0.25, -0.2) is 9.97 Å². The number of hydrogen-bond donors (Lipinski definition) is 4. The van der Waals surface area contributed by atoms with Crippen molar-refractivity contribution in [1.82, 2.24) is 19.9 Å². The highest BCUT2D eigenvalue weighted by atomic mass is 35.5. The molecule has 0 saturated carbocycles. The highest BCUT2D eigenvalue weighted by Gasteiger charge is 2.18. The molecule has 4 aromatic rings. The number of anilines is 3. The number of nitrogens with zero attached hydrogens (tertiary/aromatic N) is 3. The molecule has 0 saturated heterocycles. The summed E-state index contributed by atoms with van der Waals surface area (Å²) in [4.78, 5) is 28.7.